The first-order chi connectivity index (χ1) is 12.7. The number of rotatable bonds is 8. The monoisotopic (exact) mass is 356 g/mol. The number of nitrogens with zero attached hydrogens (tertiary/aromatic N) is 1. The van der Waals surface area contributed by atoms with E-state index in [1.165, 1.54) is 35.5 Å². The van der Waals surface area contributed by atoms with Gasteiger partial charge in [0, 0.05) is 25.3 Å². The minimum absolute atomic E-state index is 0.126. The van der Waals surface area contributed by atoms with Crippen LogP contribution >= 0.6 is 0 Å². The van der Waals surface area contributed by atoms with E-state index < -0.39 is 6.10 Å². The van der Waals surface area contributed by atoms with Gasteiger partial charge in [-0.2, -0.15) is 0 Å². The Morgan fingerprint density at radius 2 is 2.00 bits per heavy atom. The van der Waals surface area contributed by atoms with E-state index >= 15 is 0 Å². The molecule has 0 unspecified atom stereocenters. The average molecular weight is 356 g/mol. The van der Waals surface area contributed by atoms with E-state index in [0.717, 1.165) is 25.9 Å². The molecule has 1 aliphatic heterocycles. The smallest absolute Gasteiger partial charge is 0.261 e. The summed E-state index contributed by atoms with van der Waals surface area (Å²) in [6.07, 6.45) is 1.97. The molecule has 0 saturated carbocycles. The standard InChI is InChI=1S/C21H25FN2O2/c1-2-20(26-18-10-8-17(22)9-11-18)21(25)23-13-5-14-24-15-12-16-6-3-4-7-19(16)24/h3-4,6-11,20H,2,5,12-15H2,1H3,(H,23,25)/t20-/m0/s1. The van der Waals surface area contributed by atoms with Crippen LogP contribution in [0.4, 0.5) is 10.1 Å². The van der Waals surface area contributed by atoms with Crippen molar-refractivity contribution in [3.8, 4) is 5.75 Å². The molecular weight excluding hydrogens is 331 g/mol. The zero-order chi connectivity index (χ0) is 18.4. The van der Waals surface area contributed by atoms with Crippen LogP contribution in [0.3, 0.4) is 0 Å². The molecule has 0 saturated heterocycles. The lowest BCUT2D eigenvalue weighted by atomic mass is 10.2. The number of halogens is 1. The van der Waals surface area contributed by atoms with Crippen LogP contribution in [0.5, 0.6) is 5.75 Å². The van der Waals surface area contributed by atoms with Crippen LogP contribution in [-0.2, 0) is 11.2 Å². The molecule has 26 heavy (non-hydrogen) atoms. The number of carbonyl (C=O) groups excluding carboxylic acids is 1. The van der Waals surface area contributed by atoms with Crippen molar-refractivity contribution >= 4 is 11.6 Å². The van der Waals surface area contributed by atoms with Gasteiger partial charge in [0.2, 0.25) is 0 Å². The number of fused-ring (bicyclic) bond motifs is 1. The third-order valence-electron chi connectivity index (χ3n) is 4.64. The number of benzene rings is 2. The highest BCUT2D eigenvalue weighted by molar-refractivity contribution is 5.81. The molecule has 0 bridgehead atoms. The fraction of sp³-hybridized carbons (Fsp3) is 0.381. The topological polar surface area (TPSA) is 41.6 Å². The molecule has 5 heteroatoms. The van der Waals surface area contributed by atoms with E-state index in [9.17, 15) is 9.18 Å². The molecule has 0 fully saturated rings. The van der Waals surface area contributed by atoms with E-state index in [0.29, 0.717) is 18.7 Å². The van der Waals surface area contributed by atoms with Gasteiger partial charge < -0.3 is 15.0 Å². The molecule has 138 valence electrons. The van der Waals surface area contributed by atoms with Crippen molar-refractivity contribution < 1.29 is 13.9 Å². The molecule has 1 N–H and O–H groups in total. The lowest BCUT2D eigenvalue weighted by Gasteiger charge is -2.20. The lowest BCUT2D eigenvalue weighted by molar-refractivity contribution is -0.128. The zero-order valence-electron chi connectivity index (χ0n) is 15.1. The highest BCUT2D eigenvalue weighted by atomic mass is 19.1. The third-order valence-corrected chi connectivity index (χ3v) is 4.64. The Labute approximate surface area is 154 Å². The van der Waals surface area contributed by atoms with Crippen molar-refractivity contribution in [1.29, 1.82) is 0 Å². The largest absolute Gasteiger partial charge is 0.481 e. The van der Waals surface area contributed by atoms with Crippen LogP contribution in [-0.4, -0.2) is 31.6 Å². The second kappa shape index (κ2) is 8.70. The molecule has 0 aromatic heterocycles. The molecule has 0 aliphatic carbocycles. The molecule has 1 amide bonds. The number of ether oxygens (including phenoxy) is 1. The van der Waals surface area contributed by atoms with Gasteiger partial charge in [-0.15, -0.1) is 0 Å². The Morgan fingerprint density at radius 1 is 1.23 bits per heavy atom. The van der Waals surface area contributed by atoms with Gasteiger partial charge in [-0.25, -0.2) is 4.39 Å². The fourth-order valence-corrected chi connectivity index (χ4v) is 3.23. The fourth-order valence-electron chi connectivity index (χ4n) is 3.23. The number of para-hydroxylation sites is 1. The molecule has 3 rings (SSSR count). The molecule has 2 aromatic carbocycles. The predicted octanol–water partition coefficient (Wildman–Crippen LogP) is 3.55. The summed E-state index contributed by atoms with van der Waals surface area (Å²) in [6, 6.07) is 14.2. The van der Waals surface area contributed by atoms with Crippen LogP contribution < -0.4 is 15.0 Å². The Kier molecular flexibility index (Phi) is 6.10. The van der Waals surface area contributed by atoms with Gasteiger partial charge >= 0.3 is 0 Å². The maximum atomic E-state index is 13.0. The van der Waals surface area contributed by atoms with Crippen LogP contribution in [0.1, 0.15) is 25.3 Å². The maximum absolute atomic E-state index is 13.0. The van der Waals surface area contributed by atoms with Crippen molar-refractivity contribution in [3.05, 3.63) is 59.9 Å². The lowest BCUT2D eigenvalue weighted by Crippen LogP contribution is -2.39. The van der Waals surface area contributed by atoms with E-state index in [4.69, 9.17) is 4.74 Å². The quantitative estimate of drug-likeness (QED) is 0.736. The second-order valence-corrected chi connectivity index (χ2v) is 6.48. The van der Waals surface area contributed by atoms with E-state index in [2.05, 4.69) is 34.5 Å². The van der Waals surface area contributed by atoms with Crippen molar-refractivity contribution in [2.24, 2.45) is 0 Å². The molecule has 1 atom stereocenters. The van der Waals surface area contributed by atoms with Crippen LogP contribution in [0.25, 0.3) is 0 Å². The summed E-state index contributed by atoms with van der Waals surface area (Å²) in [5.74, 6) is 0.0547. The Balaban J connectivity index is 1.42. The van der Waals surface area contributed by atoms with Gasteiger partial charge in [-0.05, 0) is 55.2 Å². The first-order valence-corrected chi connectivity index (χ1v) is 9.20. The summed E-state index contributed by atoms with van der Waals surface area (Å²) in [5.41, 5.74) is 2.71. The number of hydrogen-bond acceptors (Lipinski definition) is 3. The normalized spacial score (nSPS) is 14.0. The minimum Gasteiger partial charge on any atom is -0.481 e. The number of nitrogens with one attached hydrogen (secondary N) is 1. The van der Waals surface area contributed by atoms with E-state index in [1.807, 2.05) is 6.92 Å². The van der Waals surface area contributed by atoms with Gasteiger partial charge in [0.25, 0.3) is 5.91 Å². The van der Waals surface area contributed by atoms with Crippen LogP contribution in [0.15, 0.2) is 48.5 Å². The van der Waals surface area contributed by atoms with Crippen molar-refractivity contribution in [2.45, 2.75) is 32.3 Å². The summed E-state index contributed by atoms with van der Waals surface area (Å²) < 4.78 is 18.6. The second-order valence-electron chi connectivity index (χ2n) is 6.48. The minimum atomic E-state index is -0.562. The summed E-state index contributed by atoms with van der Waals surface area (Å²) >= 11 is 0. The van der Waals surface area contributed by atoms with Crippen molar-refractivity contribution in [3.63, 3.8) is 0 Å². The summed E-state index contributed by atoms with van der Waals surface area (Å²) in [5, 5.41) is 2.95. The van der Waals surface area contributed by atoms with Crippen LogP contribution in [0, 0.1) is 5.82 Å². The van der Waals surface area contributed by atoms with Gasteiger partial charge in [-0.3, -0.25) is 4.79 Å². The number of carbonyl (C=O) groups is 1. The first kappa shape index (κ1) is 18.2. The van der Waals surface area contributed by atoms with Gasteiger partial charge in [0.15, 0.2) is 6.10 Å². The average Bonchev–Trinajstić information content (AvgIpc) is 3.08. The molecule has 0 radical (unpaired) electrons. The number of hydrogen-bond donors (Lipinski definition) is 1. The Hall–Kier alpha value is -2.56. The first-order valence-electron chi connectivity index (χ1n) is 9.20. The molecule has 4 nitrogen and oxygen atoms in total. The maximum Gasteiger partial charge on any atom is 0.261 e. The zero-order valence-corrected chi connectivity index (χ0v) is 15.1. The molecule has 0 spiro atoms. The van der Waals surface area contributed by atoms with Crippen molar-refractivity contribution in [2.75, 3.05) is 24.5 Å². The Morgan fingerprint density at radius 3 is 2.77 bits per heavy atom. The molecule has 2 aromatic rings. The Bertz CT molecular complexity index is 733. The number of amides is 1. The van der Waals surface area contributed by atoms with Gasteiger partial charge in [-0.1, -0.05) is 25.1 Å². The summed E-state index contributed by atoms with van der Waals surface area (Å²) in [4.78, 5) is 14.7. The SMILES string of the molecule is CC[C@H](Oc1ccc(F)cc1)C(=O)NCCCN1CCc2ccccc21. The molecule has 1 aliphatic rings. The van der Waals surface area contributed by atoms with E-state index in [1.54, 1.807) is 0 Å². The molecule has 1 heterocycles. The van der Waals surface area contributed by atoms with Gasteiger partial charge in [0.05, 0.1) is 0 Å². The summed E-state index contributed by atoms with van der Waals surface area (Å²) in [6.45, 7) is 4.47. The molecular formula is C21H25FN2O2. The highest BCUT2D eigenvalue weighted by Crippen LogP contribution is 2.27. The van der Waals surface area contributed by atoms with Crippen LogP contribution in [0.2, 0.25) is 0 Å². The third kappa shape index (κ3) is 4.54. The number of anilines is 1. The van der Waals surface area contributed by atoms with E-state index in [-0.39, 0.29) is 11.7 Å². The van der Waals surface area contributed by atoms with Gasteiger partial charge in [0.1, 0.15) is 11.6 Å². The highest BCUT2D eigenvalue weighted by Gasteiger charge is 2.19. The summed E-state index contributed by atoms with van der Waals surface area (Å²) in [7, 11) is 0. The predicted molar refractivity (Wildman–Crippen MR) is 101 cm³/mol. The van der Waals surface area contributed by atoms with Crippen molar-refractivity contribution in [1.82, 2.24) is 5.32 Å².